The highest BCUT2D eigenvalue weighted by Gasteiger charge is 2.28. The van der Waals surface area contributed by atoms with Crippen LogP contribution >= 0.6 is 0 Å². The molecule has 3 heterocycles. The van der Waals surface area contributed by atoms with Crippen molar-refractivity contribution in [2.45, 2.75) is 44.1 Å². The molecule has 3 rings (SSSR count). The van der Waals surface area contributed by atoms with E-state index in [2.05, 4.69) is 14.8 Å². The summed E-state index contributed by atoms with van der Waals surface area (Å²) in [6.45, 7) is 2.81. The first-order chi connectivity index (χ1) is 8.40. The fourth-order valence-electron chi connectivity index (χ4n) is 2.90. The fraction of sp³-hybridized carbons (Fsp3) is 0.833. The van der Waals surface area contributed by atoms with Gasteiger partial charge in [-0.25, -0.2) is 0 Å². The minimum absolute atomic E-state index is 0.175. The SMILES string of the molecule is OCC1CCCn2c1nnc2C1CCCOC1. The summed E-state index contributed by atoms with van der Waals surface area (Å²) in [6.07, 6.45) is 4.38. The van der Waals surface area contributed by atoms with E-state index in [1.807, 2.05) is 0 Å². The maximum atomic E-state index is 9.35. The van der Waals surface area contributed by atoms with Crippen LogP contribution in [0, 0.1) is 0 Å². The van der Waals surface area contributed by atoms with Crippen molar-refractivity contribution in [1.29, 1.82) is 0 Å². The van der Waals surface area contributed by atoms with Gasteiger partial charge in [0.05, 0.1) is 13.2 Å². The molecule has 0 aromatic carbocycles. The predicted octanol–water partition coefficient (Wildman–Crippen LogP) is 1.04. The molecule has 1 fully saturated rings. The van der Waals surface area contributed by atoms with Crippen molar-refractivity contribution in [1.82, 2.24) is 14.8 Å². The van der Waals surface area contributed by atoms with E-state index in [9.17, 15) is 5.11 Å². The lowest BCUT2D eigenvalue weighted by Crippen LogP contribution is -2.24. The van der Waals surface area contributed by atoms with Crippen molar-refractivity contribution in [2.24, 2.45) is 0 Å². The van der Waals surface area contributed by atoms with Gasteiger partial charge in [-0.05, 0) is 25.7 Å². The lowest BCUT2D eigenvalue weighted by molar-refractivity contribution is 0.0765. The summed E-state index contributed by atoms with van der Waals surface area (Å²) >= 11 is 0. The highest BCUT2D eigenvalue weighted by molar-refractivity contribution is 5.09. The highest BCUT2D eigenvalue weighted by Crippen LogP contribution is 2.31. The Bertz CT molecular complexity index is 385. The summed E-state index contributed by atoms with van der Waals surface area (Å²) in [6, 6.07) is 0. The zero-order valence-corrected chi connectivity index (χ0v) is 10.0. The zero-order valence-electron chi connectivity index (χ0n) is 10.0. The van der Waals surface area contributed by atoms with Gasteiger partial charge in [-0.1, -0.05) is 0 Å². The van der Waals surface area contributed by atoms with E-state index in [0.717, 1.165) is 57.1 Å². The average Bonchev–Trinajstić information content (AvgIpc) is 2.83. The zero-order chi connectivity index (χ0) is 11.7. The normalized spacial score (nSPS) is 29.0. The Morgan fingerprint density at radius 2 is 2.12 bits per heavy atom. The smallest absolute Gasteiger partial charge is 0.138 e. The molecule has 2 aliphatic heterocycles. The number of rotatable bonds is 2. The van der Waals surface area contributed by atoms with E-state index in [0.29, 0.717) is 5.92 Å². The van der Waals surface area contributed by atoms with Gasteiger partial charge in [-0.2, -0.15) is 0 Å². The molecule has 1 aromatic heterocycles. The van der Waals surface area contributed by atoms with Gasteiger partial charge in [0.2, 0.25) is 0 Å². The Balaban J connectivity index is 1.88. The van der Waals surface area contributed by atoms with Gasteiger partial charge in [-0.3, -0.25) is 0 Å². The van der Waals surface area contributed by atoms with E-state index in [1.54, 1.807) is 0 Å². The average molecular weight is 237 g/mol. The maximum absolute atomic E-state index is 9.35. The topological polar surface area (TPSA) is 60.2 Å². The molecule has 0 bridgehead atoms. The molecule has 0 saturated carbocycles. The summed E-state index contributed by atoms with van der Waals surface area (Å²) in [4.78, 5) is 0. The molecule has 1 saturated heterocycles. The van der Waals surface area contributed by atoms with Crippen molar-refractivity contribution in [3.63, 3.8) is 0 Å². The number of aromatic nitrogens is 3. The van der Waals surface area contributed by atoms with Crippen LogP contribution in [-0.2, 0) is 11.3 Å². The van der Waals surface area contributed by atoms with Gasteiger partial charge in [0.15, 0.2) is 0 Å². The van der Waals surface area contributed by atoms with Gasteiger partial charge >= 0.3 is 0 Å². The van der Waals surface area contributed by atoms with E-state index in [-0.39, 0.29) is 12.5 Å². The summed E-state index contributed by atoms with van der Waals surface area (Å²) in [5.74, 6) is 2.61. The Morgan fingerprint density at radius 1 is 1.24 bits per heavy atom. The van der Waals surface area contributed by atoms with Gasteiger partial charge in [0, 0.05) is 25.0 Å². The van der Waals surface area contributed by atoms with Crippen LogP contribution in [0.15, 0.2) is 0 Å². The first-order valence-corrected chi connectivity index (χ1v) is 6.51. The highest BCUT2D eigenvalue weighted by atomic mass is 16.5. The van der Waals surface area contributed by atoms with Crippen LogP contribution in [0.1, 0.15) is 49.2 Å². The van der Waals surface area contributed by atoms with E-state index >= 15 is 0 Å². The predicted molar refractivity (Wildman–Crippen MR) is 61.9 cm³/mol. The molecule has 5 heteroatoms. The van der Waals surface area contributed by atoms with Gasteiger partial charge in [0.1, 0.15) is 11.6 Å². The van der Waals surface area contributed by atoms with Crippen molar-refractivity contribution in [2.75, 3.05) is 19.8 Å². The molecule has 17 heavy (non-hydrogen) atoms. The Hall–Kier alpha value is -0.940. The quantitative estimate of drug-likeness (QED) is 0.835. The van der Waals surface area contributed by atoms with Crippen LogP contribution in [-0.4, -0.2) is 39.7 Å². The third-order valence-corrected chi connectivity index (χ3v) is 3.85. The number of ether oxygens (including phenoxy) is 1. The van der Waals surface area contributed by atoms with Gasteiger partial charge in [0.25, 0.3) is 0 Å². The second kappa shape index (κ2) is 4.74. The number of hydrogen-bond acceptors (Lipinski definition) is 4. The van der Waals surface area contributed by atoms with Crippen LogP contribution in [0.5, 0.6) is 0 Å². The minimum Gasteiger partial charge on any atom is -0.396 e. The molecule has 2 aliphatic rings. The summed E-state index contributed by atoms with van der Waals surface area (Å²) in [5, 5.41) is 18.0. The molecule has 2 unspecified atom stereocenters. The monoisotopic (exact) mass is 237 g/mol. The van der Waals surface area contributed by atoms with E-state index in [4.69, 9.17) is 4.74 Å². The van der Waals surface area contributed by atoms with Crippen LogP contribution < -0.4 is 0 Å². The first-order valence-electron chi connectivity index (χ1n) is 6.51. The van der Waals surface area contributed by atoms with Crippen molar-refractivity contribution in [3.8, 4) is 0 Å². The summed E-state index contributed by atoms with van der Waals surface area (Å²) in [5.41, 5.74) is 0. The van der Waals surface area contributed by atoms with E-state index < -0.39 is 0 Å². The molecule has 0 radical (unpaired) electrons. The molecule has 1 N–H and O–H groups in total. The number of nitrogens with zero attached hydrogens (tertiary/aromatic N) is 3. The molecule has 2 atom stereocenters. The maximum Gasteiger partial charge on any atom is 0.138 e. The van der Waals surface area contributed by atoms with Crippen LogP contribution in [0.2, 0.25) is 0 Å². The number of aliphatic hydroxyl groups excluding tert-OH is 1. The second-order valence-electron chi connectivity index (χ2n) is 5.00. The lowest BCUT2D eigenvalue weighted by Gasteiger charge is -2.26. The number of aliphatic hydroxyl groups is 1. The number of hydrogen-bond donors (Lipinski definition) is 1. The van der Waals surface area contributed by atoms with Crippen LogP contribution in [0.4, 0.5) is 0 Å². The van der Waals surface area contributed by atoms with Gasteiger partial charge < -0.3 is 14.4 Å². The Kier molecular flexibility index (Phi) is 3.11. The lowest BCUT2D eigenvalue weighted by atomic mass is 9.97. The molecule has 94 valence electrons. The van der Waals surface area contributed by atoms with Gasteiger partial charge in [-0.15, -0.1) is 10.2 Å². The van der Waals surface area contributed by atoms with Crippen LogP contribution in [0.25, 0.3) is 0 Å². The van der Waals surface area contributed by atoms with Crippen molar-refractivity contribution >= 4 is 0 Å². The fourth-order valence-corrected chi connectivity index (χ4v) is 2.90. The summed E-state index contributed by atoms with van der Waals surface area (Å²) < 4.78 is 7.73. The summed E-state index contributed by atoms with van der Waals surface area (Å²) in [7, 11) is 0. The largest absolute Gasteiger partial charge is 0.396 e. The molecule has 0 amide bonds. The third-order valence-electron chi connectivity index (χ3n) is 3.85. The number of fused-ring (bicyclic) bond motifs is 1. The minimum atomic E-state index is 0.175. The molecular formula is C12H19N3O2. The van der Waals surface area contributed by atoms with Crippen LogP contribution in [0.3, 0.4) is 0 Å². The van der Waals surface area contributed by atoms with E-state index in [1.165, 1.54) is 0 Å². The molecular weight excluding hydrogens is 218 g/mol. The molecule has 0 aliphatic carbocycles. The Labute approximate surface area is 101 Å². The van der Waals surface area contributed by atoms with Crippen molar-refractivity contribution in [3.05, 3.63) is 11.6 Å². The molecule has 5 nitrogen and oxygen atoms in total. The second-order valence-corrected chi connectivity index (χ2v) is 5.00. The van der Waals surface area contributed by atoms with Crippen molar-refractivity contribution < 1.29 is 9.84 Å². The third kappa shape index (κ3) is 1.98. The molecule has 0 spiro atoms. The molecule has 1 aromatic rings. The Morgan fingerprint density at radius 3 is 2.88 bits per heavy atom. The standard InChI is InChI=1S/C12H19N3O2/c16-7-9-3-1-5-15-11(9)13-14-12(15)10-4-2-6-17-8-10/h9-10,16H,1-8H2. The first kappa shape index (κ1) is 11.2.